The van der Waals surface area contributed by atoms with Gasteiger partial charge >= 0.3 is 0 Å². The number of hydrogen-bond acceptors (Lipinski definition) is 8. The zero-order chi connectivity index (χ0) is 22.5. The van der Waals surface area contributed by atoms with Gasteiger partial charge in [0.2, 0.25) is 5.91 Å². The Hall–Kier alpha value is -3.11. The van der Waals surface area contributed by atoms with Gasteiger partial charge in [-0.05, 0) is 43.7 Å². The molecule has 2 aromatic carbocycles. The van der Waals surface area contributed by atoms with Crippen LogP contribution in [0.2, 0.25) is 0 Å². The van der Waals surface area contributed by atoms with E-state index in [9.17, 15) is 4.79 Å². The van der Waals surface area contributed by atoms with E-state index in [1.807, 2.05) is 60.9 Å². The Bertz CT molecular complexity index is 1200. The third-order valence-corrected chi connectivity index (χ3v) is 6.58. The van der Waals surface area contributed by atoms with Crippen LogP contribution in [0.1, 0.15) is 18.3 Å². The Morgan fingerprint density at radius 3 is 2.81 bits per heavy atom. The van der Waals surface area contributed by atoms with Gasteiger partial charge in [-0.15, -0.1) is 10.2 Å². The molecule has 0 aliphatic carbocycles. The minimum absolute atomic E-state index is 0.137. The number of thiazole rings is 1. The fourth-order valence-corrected chi connectivity index (χ4v) is 4.80. The largest absolute Gasteiger partial charge is 0.493 e. The van der Waals surface area contributed by atoms with Crippen LogP contribution in [0.3, 0.4) is 0 Å². The van der Waals surface area contributed by atoms with Crippen molar-refractivity contribution in [3.05, 3.63) is 53.9 Å². The average Bonchev–Trinajstić information content (AvgIpc) is 3.39. The Morgan fingerprint density at radius 2 is 2.03 bits per heavy atom. The number of rotatable bonds is 9. The number of ether oxygens (including phenoxy) is 2. The highest BCUT2D eigenvalue weighted by atomic mass is 32.2. The lowest BCUT2D eigenvalue weighted by Crippen LogP contribution is -2.14. The first-order valence-corrected chi connectivity index (χ1v) is 11.8. The molecule has 0 unspecified atom stereocenters. The maximum Gasteiger partial charge on any atom is 0.236 e. The number of para-hydroxylation sites is 1. The zero-order valence-electron chi connectivity index (χ0n) is 18.0. The molecular formula is C22H23N5O3S2. The van der Waals surface area contributed by atoms with Crippen molar-refractivity contribution in [3.63, 3.8) is 0 Å². The van der Waals surface area contributed by atoms with Gasteiger partial charge in [0.25, 0.3) is 0 Å². The number of thioether (sulfide) groups is 1. The molecule has 32 heavy (non-hydrogen) atoms. The maximum absolute atomic E-state index is 12.4. The molecular weight excluding hydrogens is 446 g/mol. The summed E-state index contributed by atoms with van der Waals surface area (Å²) in [6, 6.07) is 13.6. The first-order chi connectivity index (χ1) is 15.6. The summed E-state index contributed by atoms with van der Waals surface area (Å²) in [5.41, 5.74) is 1.97. The van der Waals surface area contributed by atoms with Crippen LogP contribution < -0.4 is 14.8 Å². The number of hydrogen-bond donors (Lipinski definition) is 1. The highest BCUT2D eigenvalue weighted by Crippen LogP contribution is 2.29. The summed E-state index contributed by atoms with van der Waals surface area (Å²) < 4.78 is 14.3. The molecule has 166 valence electrons. The van der Waals surface area contributed by atoms with Gasteiger partial charge in [0.15, 0.2) is 27.6 Å². The summed E-state index contributed by atoms with van der Waals surface area (Å²) in [4.78, 5) is 16.9. The molecule has 0 saturated heterocycles. The van der Waals surface area contributed by atoms with Gasteiger partial charge in [0.1, 0.15) is 6.61 Å². The van der Waals surface area contributed by atoms with Crippen LogP contribution in [0.15, 0.2) is 47.6 Å². The first-order valence-electron chi connectivity index (χ1n) is 10.0. The fraction of sp³-hybridized carbons (Fsp3) is 0.273. The number of amides is 1. The third-order valence-electron chi connectivity index (χ3n) is 4.66. The predicted molar refractivity (Wildman–Crippen MR) is 127 cm³/mol. The number of aromatic nitrogens is 4. The predicted octanol–water partition coefficient (Wildman–Crippen LogP) is 4.53. The lowest BCUT2D eigenvalue weighted by Gasteiger charge is -2.12. The van der Waals surface area contributed by atoms with Crippen molar-refractivity contribution in [2.24, 2.45) is 0 Å². The van der Waals surface area contributed by atoms with E-state index < -0.39 is 0 Å². The number of fused-ring (bicyclic) bond motifs is 1. The average molecular weight is 470 g/mol. The number of methoxy groups -OCH3 is 1. The smallest absolute Gasteiger partial charge is 0.236 e. The van der Waals surface area contributed by atoms with Crippen molar-refractivity contribution in [2.45, 2.75) is 32.2 Å². The van der Waals surface area contributed by atoms with Gasteiger partial charge in [0.05, 0.1) is 23.1 Å². The normalized spacial score (nSPS) is 11.0. The summed E-state index contributed by atoms with van der Waals surface area (Å²) in [6.45, 7) is 4.92. The summed E-state index contributed by atoms with van der Waals surface area (Å²) >= 11 is 2.79. The van der Waals surface area contributed by atoms with Crippen molar-refractivity contribution in [1.29, 1.82) is 0 Å². The van der Waals surface area contributed by atoms with E-state index in [1.165, 1.54) is 23.1 Å². The molecule has 2 heterocycles. The Morgan fingerprint density at radius 1 is 1.19 bits per heavy atom. The van der Waals surface area contributed by atoms with Crippen LogP contribution in [0.25, 0.3) is 10.2 Å². The minimum Gasteiger partial charge on any atom is -0.493 e. The molecule has 0 aliphatic rings. The van der Waals surface area contributed by atoms with Crippen LogP contribution in [0.4, 0.5) is 5.13 Å². The van der Waals surface area contributed by atoms with Crippen molar-refractivity contribution in [1.82, 2.24) is 19.7 Å². The molecule has 0 fully saturated rings. The summed E-state index contributed by atoms with van der Waals surface area (Å²) in [5, 5.41) is 12.6. The standard InChI is InChI=1S/C22H23N5O3S2/c1-4-27-19(12-30-16-10-9-14(2)11-17(16)29-3)25-26-22(27)31-13-20(28)24-21-23-15-7-5-6-8-18(15)32-21/h5-11H,4,12-13H2,1-3H3,(H,23,24,28). The monoisotopic (exact) mass is 469 g/mol. The van der Waals surface area contributed by atoms with E-state index in [-0.39, 0.29) is 18.3 Å². The van der Waals surface area contributed by atoms with Crippen molar-refractivity contribution < 1.29 is 14.3 Å². The first kappa shape index (κ1) is 22.1. The quantitative estimate of drug-likeness (QED) is 0.360. The van der Waals surface area contributed by atoms with E-state index in [1.54, 1.807) is 7.11 Å². The number of nitrogens with one attached hydrogen (secondary N) is 1. The Kier molecular flexibility index (Phi) is 6.91. The summed E-state index contributed by atoms with van der Waals surface area (Å²) in [6.07, 6.45) is 0. The summed E-state index contributed by atoms with van der Waals surface area (Å²) in [5.74, 6) is 2.08. The van der Waals surface area contributed by atoms with Crippen LogP contribution in [0, 0.1) is 6.92 Å². The van der Waals surface area contributed by atoms with Gasteiger partial charge < -0.3 is 19.4 Å². The Balaban J connectivity index is 1.36. The van der Waals surface area contributed by atoms with E-state index in [0.717, 1.165) is 15.8 Å². The zero-order valence-corrected chi connectivity index (χ0v) is 19.6. The Labute approximate surface area is 194 Å². The highest BCUT2D eigenvalue weighted by molar-refractivity contribution is 7.99. The molecule has 0 aliphatic heterocycles. The van der Waals surface area contributed by atoms with E-state index in [2.05, 4.69) is 20.5 Å². The molecule has 2 aromatic heterocycles. The molecule has 10 heteroatoms. The number of aryl methyl sites for hydroxylation is 1. The van der Waals surface area contributed by atoms with Crippen LogP contribution in [-0.2, 0) is 17.9 Å². The molecule has 1 N–H and O–H groups in total. The topological polar surface area (TPSA) is 91.2 Å². The second kappa shape index (κ2) is 10.0. The molecule has 0 spiro atoms. The molecule has 8 nitrogen and oxygen atoms in total. The number of nitrogens with zero attached hydrogens (tertiary/aromatic N) is 4. The molecule has 4 aromatic rings. The number of anilines is 1. The van der Waals surface area contributed by atoms with Crippen molar-refractivity contribution in [3.8, 4) is 11.5 Å². The molecule has 0 radical (unpaired) electrons. The van der Waals surface area contributed by atoms with Gasteiger partial charge in [-0.25, -0.2) is 4.98 Å². The van der Waals surface area contributed by atoms with Gasteiger partial charge in [-0.2, -0.15) is 0 Å². The molecule has 0 saturated carbocycles. The van der Waals surface area contributed by atoms with Crippen LogP contribution >= 0.6 is 23.1 Å². The van der Waals surface area contributed by atoms with Crippen LogP contribution in [0.5, 0.6) is 11.5 Å². The van der Waals surface area contributed by atoms with Crippen molar-refractivity contribution >= 4 is 44.4 Å². The molecule has 0 atom stereocenters. The number of carbonyl (C=O) groups is 1. The second-order valence-corrected chi connectivity index (χ2v) is 8.88. The van der Waals surface area contributed by atoms with Crippen molar-refractivity contribution in [2.75, 3.05) is 18.2 Å². The molecule has 4 rings (SSSR count). The third kappa shape index (κ3) is 5.03. The summed E-state index contributed by atoms with van der Waals surface area (Å²) in [7, 11) is 1.62. The SMILES string of the molecule is CCn1c(COc2ccc(C)cc2OC)nnc1SCC(=O)Nc1nc2ccccc2s1. The van der Waals surface area contributed by atoms with E-state index in [4.69, 9.17) is 9.47 Å². The van der Waals surface area contributed by atoms with E-state index >= 15 is 0 Å². The van der Waals surface area contributed by atoms with Gasteiger partial charge in [-0.1, -0.05) is 41.3 Å². The maximum atomic E-state index is 12.4. The lowest BCUT2D eigenvalue weighted by molar-refractivity contribution is -0.113. The molecule has 0 bridgehead atoms. The number of carbonyl (C=O) groups excluding carboxylic acids is 1. The van der Waals surface area contributed by atoms with Crippen LogP contribution in [-0.4, -0.2) is 38.5 Å². The van der Waals surface area contributed by atoms with E-state index in [0.29, 0.717) is 34.2 Å². The lowest BCUT2D eigenvalue weighted by atomic mass is 10.2. The fourth-order valence-electron chi connectivity index (χ4n) is 3.10. The van der Waals surface area contributed by atoms with Gasteiger partial charge in [-0.3, -0.25) is 4.79 Å². The minimum atomic E-state index is -0.137. The second-order valence-electron chi connectivity index (χ2n) is 6.91. The molecule has 1 amide bonds. The van der Waals surface area contributed by atoms with Gasteiger partial charge in [0, 0.05) is 6.54 Å². The highest BCUT2D eigenvalue weighted by Gasteiger charge is 2.15. The number of benzene rings is 2.